The number of phenols is 1. The lowest BCUT2D eigenvalue weighted by atomic mass is 9.52. The maximum absolute atomic E-state index is 15.9. The fraction of sp³-hybridized carbons (Fsp3) is 0.598. The highest BCUT2D eigenvalue weighted by molar-refractivity contribution is 6.17. The number of aliphatic hydroxyl groups excluding tert-OH is 3. The Kier molecular flexibility index (Phi) is 15.0. The molecule has 1 saturated heterocycles. The van der Waals surface area contributed by atoms with E-state index in [4.69, 9.17) is 23.7 Å². The number of aryl methyl sites for hydroxylation is 2. The van der Waals surface area contributed by atoms with E-state index in [-0.39, 0.29) is 112 Å². The molecule has 16 nitrogen and oxygen atoms in total. The summed E-state index contributed by atoms with van der Waals surface area (Å²) in [6, 6.07) is 7.84. The summed E-state index contributed by atoms with van der Waals surface area (Å²) >= 11 is 0. The molecule has 12 bridgehead atoms. The molecule has 1 amide bonds. The Morgan fingerprint density at radius 1 is 0.864 bits per heavy atom. The van der Waals surface area contributed by atoms with Crippen molar-refractivity contribution in [3.63, 3.8) is 0 Å². The van der Waals surface area contributed by atoms with Gasteiger partial charge in [-0.05, 0) is 262 Å². The minimum Gasteiger partial charge on any atom is -0.506 e. The summed E-state index contributed by atoms with van der Waals surface area (Å²) < 4.78 is 34.8. The van der Waals surface area contributed by atoms with Gasteiger partial charge >= 0.3 is 0 Å². The van der Waals surface area contributed by atoms with Gasteiger partial charge in [0.1, 0.15) is 47.5 Å². The van der Waals surface area contributed by atoms with Crippen LogP contribution in [-0.2, 0) is 56.6 Å². The van der Waals surface area contributed by atoms with Gasteiger partial charge in [-0.3, -0.25) is 9.59 Å². The highest BCUT2D eigenvalue weighted by Gasteiger charge is 2.71. The van der Waals surface area contributed by atoms with Crippen LogP contribution >= 0.6 is 0 Å². The Morgan fingerprint density at radius 2 is 1.75 bits per heavy atom. The summed E-state index contributed by atoms with van der Waals surface area (Å²) in [5.41, 5.74) is 8.29. The number of carbonyl (C=O) groups excluding carboxylic acids is 3. The van der Waals surface area contributed by atoms with Crippen LogP contribution in [0.4, 0.5) is 0 Å². The van der Waals surface area contributed by atoms with E-state index in [0.29, 0.717) is 71.6 Å². The number of H-pyrrole nitrogens is 1. The molecule has 5 heterocycles. The molecule has 0 unspecified atom stereocenters. The number of hydrogen-bond donors (Lipinski definition) is 7. The summed E-state index contributed by atoms with van der Waals surface area (Å²) in [6.45, 7) is 0.425. The Bertz CT molecular complexity index is 4710. The molecule has 4 spiro atoms. The zero-order valence-corrected chi connectivity index (χ0v) is 59.4. The van der Waals surface area contributed by atoms with Crippen LogP contribution in [0.15, 0.2) is 42.6 Å². The quantitative estimate of drug-likeness (QED) is 0.0716. The number of Topliss-reactive ketones (excluding diaryl/α,β-unsaturated/α-hetero) is 2. The van der Waals surface area contributed by atoms with Gasteiger partial charge in [-0.1, -0.05) is 49.0 Å². The van der Waals surface area contributed by atoms with Gasteiger partial charge in [-0.15, -0.1) is 5.92 Å². The van der Waals surface area contributed by atoms with Crippen molar-refractivity contribution < 1.29 is 68.7 Å². The Balaban J connectivity index is 0.810. The van der Waals surface area contributed by atoms with Gasteiger partial charge in [0.15, 0.2) is 17.5 Å². The number of aromatic nitrogens is 1. The van der Waals surface area contributed by atoms with E-state index in [9.17, 15) is 40.2 Å². The molecule has 4 aromatic carbocycles. The average molecular weight is 1390 g/mol. The summed E-state index contributed by atoms with van der Waals surface area (Å²) in [5.74, 6) is 12.2. The Hall–Kier alpha value is -6.99. The van der Waals surface area contributed by atoms with Crippen molar-refractivity contribution in [1.82, 2.24) is 9.88 Å². The number of ether oxygens (including phenoxy) is 5. The monoisotopic (exact) mass is 1390 g/mol. The topological polar surface area (TPSA) is 238 Å². The molecule has 103 heavy (non-hydrogen) atoms. The third-order valence-corrected chi connectivity index (χ3v) is 30.5. The number of aromatic hydroxyl groups is 1. The predicted molar refractivity (Wildman–Crippen MR) is 385 cm³/mol. The molecule has 19 atom stereocenters. The lowest BCUT2D eigenvalue weighted by Crippen LogP contribution is -2.70. The summed E-state index contributed by atoms with van der Waals surface area (Å²) in [6.07, 6.45) is 26.9. The van der Waals surface area contributed by atoms with Crippen LogP contribution in [0, 0.1) is 81.5 Å². The van der Waals surface area contributed by atoms with Gasteiger partial charge in [0.25, 0.3) is 5.91 Å². The molecular weight excluding hydrogens is 1300 g/mol. The van der Waals surface area contributed by atoms with E-state index in [1.165, 1.54) is 16.7 Å². The minimum absolute atomic E-state index is 0.0158. The lowest BCUT2D eigenvalue weighted by molar-refractivity contribution is -0.328. The number of aromatic amines is 1. The van der Waals surface area contributed by atoms with Crippen molar-refractivity contribution in [2.45, 2.75) is 234 Å². The van der Waals surface area contributed by atoms with Gasteiger partial charge in [0, 0.05) is 82.9 Å². The van der Waals surface area contributed by atoms with E-state index in [0.717, 1.165) is 185 Å². The molecule has 7 N–H and O–H groups in total. The highest BCUT2D eigenvalue weighted by atomic mass is 16.7. The number of amides is 1. The summed E-state index contributed by atoms with van der Waals surface area (Å²) in [5, 5.41) is 77.5. The van der Waals surface area contributed by atoms with E-state index < -0.39 is 54.3 Å². The number of carbonyl (C=O) groups is 3. The van der Waals surface area contributed by atoms with Crippen molar-refractivity contribution in [3.8, 4) is 41.1 Å². The Labute approximate surface area is 601 Å². The van der Waals surface area contributed by atoms with Crippen LogP contribution in [-0.4, -0.2) is 127 Å². The molecule has 16 heteroatoms. The Morgan fingerprint density at radius 3 is 2.60 bits per heavy atom. The largest absolute Gasteiger partial charge is 0.506 e. The van der Waals surface area contributed by atoms with Crippen molar-refractivity contribution in [1.29, 1.82) is 0 Å². The van der Waals surface area contributed by atoms with Crippen molar-refractivity contribution >= 4 is 50.8 Å². The number of ketones is 2. The lowest BCUT2D eigenvalue weighted by Gasteiger charge is -2.54. The smallest absolute Gasteiger partial charge is 0.254 e. The maximum atomic E-state index is 15.9. The minimum atomic E-state index is -2.52. The molecule has 5 aromatic rings. The van der Waals surface area contributed by atoms with Gasteiger partial charge in [0.05, 0.1) is 49.0 Å². The number of nitrogens with zero attached hydrogens (tertiary/aromatic N) is 1. The molecule has 6 saturated carbocycles. The number of fused-ring (bicyclic) bond motifs is 12. The van der Waals surface area contributed by atoms with E-state index in [1.807, 2.05) is 18.2 Å². The standard InChI is InChI=1S/C87H96N2O14/c1-46(92)16-17-53-35-83-34-52(53)11-3-8-47(24-28-90)54-22-26-82(33-54,42-83)43-84(83)36-56-32-55-13-6-25-86(55,97)44-85(56)27-23-51-31-64-69(61(37-84)74(51)85)62(38-88-64)66-21-20-60-77(99-2)59-19-18-50-30-49-10-5-14-57(49)70-68(50)71(59)73-76(95)72(70)65(93)40-89-39-63-48(9-4-15-58(63)80(89)96)12-7-29-100-79-75(94)67(41-101-66)102-81(103-78(60)73)87(79,98)45-91/h4,9,15,20-21,30-31,38,47,49,52-57,66-67,75,79,81,88,90-91,94-95,97-98H,5-6,10-14,16-19,22-28,32-37,39-45H2,1-2H3/b21-20+/t47-,49+,52-,53-,54-,55-,56-,57-,66-,67-,75-,79+,81-,82-,83-,84-,85-,86-,87-/m1/s1. The molecule has 538 valence electrons. The van der Waals surface area contributed by atoms with E-state index in [2.05, 4.69) is 47.2 Å². The molecule has 1 aromatic heterocycles. The average Bonchev–Trinajstić information content (AvgIpc) is 1.54. The third-order valence-electron chi connectivity index (χ3n) is 30.5. The van der Waals surface area contributed by atoms with Crippen LogP contribution < -0.4 is 9.47 Å². The predicted octanol–water partition coefficient (Wildman–Crippen LogP) is 12.4. The molecule has 11 aliphatic carbocycles. The number of nitrogens with one attached hydrogen (secondary N) is 1. The molecule has 7 fully saturated rings. The molecular formula is C87H96N2O14. The van der Waals surface area contributed by atoms with Crippen molar-refractivity contribution in [2.75, 3.05) is 33.5 Å². The number of rotatable bonds is 8. The van der Waals surface area contributed by atoms with Crippen LogP contribution in [0.25, 0.3) is 33.3 Å². The number of aliphatic hydroxyl groups is 5. The first kappa shape index (κ1) is 65.5. The zero-order chi connectivity index (χ0) is 70.0. The second kappa shape index (κ2) is 23.5. The normalized spacial score (nSPS) is 39.0. The molecule has 20 rings (SSSR count). The number of benzene rings is 4. The van der Waals surface area contributed by atoms with Gasteiger partial charge in [-0.25, -0.2) is 0 Å². The second-order valence-electron chi connectivity index (χ2n) is 35.4. The van der Waals surface area contributed by atoms with Crippen LogP contribution in [0.5, 0.6) is 17.2 Å². The number of phenolic OH excluding ortho intramolecular Hbond substituents is 1. The van der Waals surface area contributed by atoms with Gasteiger partial charge in [-0.2, -0.15) is 0 Å². The van der Waals surface area contributed by atoms with Crippen LogP contribution in [0.3, 0.4) is 0 Å². The SMILES string of the molecule is COc1c2c3c4c(O)c(c5c6c4c1CCC6=C[C@@H]1CCC[C@@H]51)C(=O)CN1Cc4c(cccc4C1=O)CC#CO[C@H]1[C@H](O)[C@@H](CO[C@@H](c4c[nH]c5cc6c7c(c45)C[C@]4(C[C@H]5C[C@H]8CCC[C@@]8(O)C[C@@]75CC6)C[C@]56CC[C@H](C5)[C@@H](CCO)C#CC[C@@H]5C[C@@]4(C[C@H]5CCC(C)=O)C6)/C=C/2)O[C@H](O3)[C@@]1(O)CO. The first-order valence-corrected chi connectivity index (χ1v) is 39.2. The number of methoxy groups -OCH3 is 1. The van der Waals surface area contributed by atoms with E-state index >= 15 is 4.79 Å². The molecule has 15 aliphatic rings. The highest BCUT2D eigenvalue weighted by Crippen LogP contribution is 2.79. The molecule has 0 radical (unpaired) electrons. The fourth-order valence-electron chi connectivity index (χ4n) is 26.5. The van der Waals surface area contributed by atoms with Crippen LogP contribution in [0.1, 0.15) is 237 Å². The second-order valence-corrected chi connectivity index (χ2v) is 35.4. The zero-order valence-electron chi connectivity index (χ0n) is 59.4. The first-order chi connectivity index (χ1) is 49.9. The molecule has 4 aliphatic heterocycles. The van der Waals surface area contributed by atoms with Crippen molar-refractivity contribution in [3.05, 3.63) is 109 Å². The van der Waals surface area contributed by atoms with Crippen LogP contribution in [0.2, 0.25) is 0 Å². The first-order valence-electron chi connectivity index (χ1n) is 39.2. The van der Waals surface area contributed by atoms with E-state index in [1.54, 1.807) is 31.1 Å². The van der Waals surface area contributed by atoms with Crippen molar-refractivity contribution in [2.24, 2.45) is 57.7 Å². The van der Waals surface area contributed by atoms with Gasteiger partial charge < -0.3 is 69.0 Å². The number of hydrogen-bond acceptors (Lipinski definition) is 14. The third kappa shape index (κ3) is 9.38. The van der Waals surface area contributed by atoms with Gasteiger partial charge in [0.2, 0.25) is 6.29 Å². The number of allylic oxidation sites excluding steroid dienone is 2. The summed E-state index contributed by atoms with van der Waals surface area (Å²) in [7, 11) is 1.63. The fourth-order valence-corrected chi connectivity index (χ4v) is 26.5. The maximum Gasteiger partial charge on any atom is 0.254 e. The summed E-state index contributed by atoms with van der Waals surface area (Å²) in [4.78, 5) is 49.0.